The Morgan fingerprint density at radius 2 is 2.00 bits per heavy atom. The maximum absolute atomic E-state index is 12.9. The Morgan fingerprint density at radius 3 is 2.54 bits per heavy atom. The smallest absolute Gasteiger partial charge is 0.261 e. The molecule has 0 bridgehead atoms. The number of rotatable bonds is 7. The van der Waals surface area contributed by atoms with Crippen LogP contribution in [0, 0.1) is 6.92 Å². The maximum atomic E-state index is 12.9. The molecule has 0 radical (unpaired) electrons. The van der Waals surface area contributed by atoms with Crippen molar-refractivity contribution in [3.05, 3.63) is 33.5 Å². The molecule has 144 valence electrons. The van der Waals surface area contributed by atoms with Crippen molar-refractivity contribution in [3.8, 4) is 0 Å². The summed E-state index contributed by atoms with van der Waals surface area (Å²) in [6.45, 7) is 13.0. The van der Waals surface area contributed by atoms with Crippen molar-refractivity contribution in [2.24, 2.45) is 0 Å². The Kier molecular flexibility index (Phi) is 7.41. The fraction of sp³-hybridized carbons (Fsp3) is 0.600. The number of hydrogen-bond acceptors (Lipinski definition) is 4. The van der Waals surface area contributed by atoms with Gasteiger partial charge in [-0.2, -0.15) is 0 Å². The van der Waals surface area contributed by atoms with Crippen molar-refractivity contribution in [3.63, 3.8) is 0 Å². The first kappa shape index (κ1) is 20.6. The van der Waals surface area contributed by atoms with Gasteiger partial charge < -0.3 is 10.2 Å². The lowest BCUT2D eigenvalue weighted by atomic mass is 10.1. The summed E-state index contributed by atoms with van der Waals surface area (Å²) in [6.07, 6.45) is 2.82. The first-order chi connectivity index (χ1) is 12.3. The molecule has 0 aromatic carbocycles. The predicted octanol–water partition coefficient (Wildman–Crippen LogP) is 3.06. The Labute approximate surface area is 161 Å². The molecule has 1 aromatic rings. The van der Waals surface area contributed by atoms with Crippen molar-refractivity contribution in [1.29, 1.82) is 0 Å². The van der Waals surface area contributed by atoms with Gasteiger partial charge in [0.25, 0.3) is 5.91 Å². The van der Waals surface area contributed by atoms with Gasteiger partial charge in [-0.1, -0.05) is 11.6 Å². The number of thiophene rings is 1. The van der Waals surface area contributed by atoms with Crippen LogP contribution in [-0.2, 0) is 4.79 Å². The highest BCUT2D eigenvalue weighted by atomic mass is 32.1. The molecule has 0 aliphatic carbocycles. The second kappa shape index (κ2) is 9.33. The van der Waals surface area contributed by atoms with Crippen LogP contribution in [0.4, 0.5) is 0 Å². The number of nitrogens with one attached hydrogen (secondary N) is 1. The van der Waals surface area contributed by atoms with E-state index in [0.717, 1.165) is 16.3 Å². The van der Waals surface area contributed by atoms with Gasteiger partial charge in [-0.25, -0.2) is 0 Å². The van der Waals surface area contributed by atoms with Gasteiger partial charge in [-0.05, 0) is 53.2 Å². The van der Waals surface area contributed by atoms with Crippen LogP contribution >= 0.6 is 11.3 Å². The van der Waals surface area contributed by atoms with Gasteiger partial charge in [0.1, 0.15) is 0 Å². The molecule has 6 heteroatoms. The minimum atomic E-state index is -0.166. The number of allylic oxidation sites excluding steroid dienone is 1. The normalized spacial score (nSPS) is 20.0. The topological polar surface area (TPSA) is 52.7 Å². The number of amides is 2. The van der Waals surface area contributed by atoms with Crippen LogP contribution in [-0.4, -0.2) is 59.9 Å². The van der Waals surface area contributed by atoms with Crippen LogP contribution in [0.2, 0.25) is 0 Å². The largest absolute Gasteiger partial charge is 0.347 e. The molecule has 1 fully saturated rings. The second-order valence-corrected chi connectivity index (χ2v) is 8.37. The third-order valence-electron chi connectivity index (χ3n) is 4.80. The van der Waals surface area contributed by atoms with E-state index in [4.69, 9.17) is 0 Å². The van der Waals surface area contributed by atoms with Gasteiger partial charge in [0.15, 0.2) is 0 Å². The highest BCUT2D eigenvalue weighted by Crippen LogP contribution is 2.22. The molecule has 5 nitrogen and oxygen atoms in total. The Morgan fingerprint density at radius 1 is 1.31 bits per heavy atom. The SMILES string of the molecule is CCN(CC)C(=O)[C@@H]1C[C@@H](NC(=O)c2ccc(C)s2)CN1CC=C(C)C. The Hall–Kier alpha value is -1.66. The zero-order valence-corrected chi connectivity index (χ0v) is 17.4. The first-order valence-corrected chi connectivity index (χ1v) is 10.2. The average molecular weight is 378 g/mol. The van der Waals surface area contributed by atoms with Gasteiger partial charge in [0, 0.05) is 37.1 Å². The molecule has 1 aliphatic heterocycles. The highest BCUT2D eigenvalue weighted by Gasteiger charge is 2.38. The molecular weight excluding hydrogens is 346 g/mol. The van der Waals surface area contributed by atoms with Crippen molar-refractivity contribution in [1.82, 2.24) is 15.1 Å². The lowest BCUT2D eigenvalue weighted by Crippen LogP contribution is -2.45. The molecule has 0 spiro atoms. The quantitative estimate of drug-likeness (QED) is 0.743. The first-order valence-electron chi connectivity index (χ1n) is 9.39. The number of nitrogens with zero attached hydrogens (tertiary/aromatic N) is 2. The van der Waals surface area contributed by atoms with E-state index in [1.54, 1.807) is 0 Å². The lowest BCUT2D eigenvalue weighted by molar-refractivity contribution is -0.135. The van der Waals surface area contributed by atoms with Crippen LogP contribution in [0.5, 0.6) is 0 Å². The van der Waals surface area contributed by atoms with Crippen molar-refractivity contribution >= 4 is 23.2 Å². The summed E-state index contributed by atoms with van der Waals surface area (Å²) in [4.78, 5) is 31.3. The van der Waals surface area contributed by atoms with E-state index in [9.17, 15) is 9.59 Å². The van der Waals surface area contributed by atoms with Crippen LogP contribution in [0.15, 0.2) is 23.8 Å². The number of likely N-dealkylation sites (tertiary alicyclic amines) is 1. The summed E-state index contributed by atoms with van der Waals surface area (Å²) in [5, 5.41) is 3.12. The predicted molar refractivity (Wildman–Crippen MR) is 108 cm³/mol. The molecule has 2 rings (SSSR count). The van der Waals surface area contributed by atoms with E-state index in [1.165, 1.54) is 16.9 Å². The monoisotopic (exact) mass is 377 g/mol. The van der Waals surface area contributed by atoms with Crippen LogP contribution in [0.25, 0.3) is 0 Å². The number of aryl methyl sites for hydroxylation is 1. The number of carbonyl (C=O) groups is 2. The van der Waals surface area contributed by atoms with Crippen LogP contribution in [0.1, 0.15) is 48.7 Å². The van der Waals surface area contributed by atoms with Crippen LogP contribution < -0.4 is 5.32 Å². The fourth-order valence-corrected chi connectivity index (χ4v) is 4.10. The zero-order chi connectivity index (χ0) is 19.3. The zero-order valence-electron chi connectivity index (χ0n) is 16.5. The Bertz CT molecular complexity index is 660. The molecule has 26 heavy (non-hydrogen) atoms. The summed E-state index contributed by atoms with van der Waals surface area (Å²) in [6, 6.07) is 3.66. The number of carbonyl (C=O) groups excluding carboxylic acids is 2. The minimum absolute atomic E-state index is 0.0000180. The van der Waals surface area contributed by atoms with E-state index in [-0.39, 0.29) is 23.9 Å². The van der Waals surface area contributed by atoms with E-state index in [1.807, 2.05) is 37.8 Å². The van der Waals surface area contributed by atoms with Gasteiger partial charge in [-0.15, -0.1) is 11.3 Å². The molecule has 1 aliphatic rings. The van der Waals surface area contributed by atoms with Gasteiger partial charge in [0.05, 0.1) is 10.9 Å². The van der Waals surface area contributed by atoms with Crippen molar-refractivity contribution in [2.75, 3.05) is 26.2 Å². The molecule has 1 N–H and O–H groups in total. The van der Waals surface area contributed by atoms with Crippen molar-refractivity contribution in [2.45, 2.75) is 53.1 Å². The van der Waals surface area contributed by atoms with E-state index in [0.29, 0.717) is 26.1 Å². The van der Waals surface area contributed by atoms with E-state index < -0.39 is 0 Å². The summed E-state index contributed by atoms with van der Waals surface area (Å²) < 4.78 is 0. The molecule has 2 amide bonds. The summed E-state index contributed by atoms with van der Waals surface area (Å²) >= 11 is 1.50. The van der Waals surface area contributed by atoms with Gasteiger partial charge in [-0.3, -0.25) is 14.5 Å². The van der Waals surface area contributed by atoms with E-state index >= 15 is 0 Å². The molecule has 2 heterocycles. The fourth-order valence-electron chi connectivity index (χ4n) is 3.33. The third kappa shape index (κ3) is 5.17. The molecule has 0 saturated carbocycles. The van der Waals surface area contributed by atoms with Crippen molar-refractivity contribution < 1.29 is 9.59 Å². The minimum Gasteiger partial charge on any atom is -0.347 e. The lowest BCUT2D eigenvalue weighted by Gasteiger charge is -2.28. The van der Waals surface area contributed by atoms with Gasteiger partial charge in [0.2, 0.25) is 5.91 Å². The number of likely N-dealkylation sites (N-methyl/N-ethyl adjacent to an activating group) is 1. The second-order valence-electron chi connectivity index (χ2n) is 7.08. The molecule has 1 aromatic heterocycles. The van der Waals surface area contributed by atoms with Gasteiger partial charge >= 0.3 is 0 Å². The highest BCUT2D eigenvalue weighted by molar-refractivity contribution is 7.13. The molecule has 1 saturated heterocycles. The molecular formula is C20H31N3O2S. The van der Waals surface area contributed by atoms with Crippen LogP contribution in [0.3, 0.4) is 0 Å². The standard InChI is InChI=1S/C20H31N3O2S/c1-6-22(7-2)20(25)17-12-16(13-23(17)11-10-14(3)4)21-19(24)18-9-8-15(5)26-18/h8-10,16-17H,6-7,11-13H2,1-5H3,(H,21,24)/t16-,17+/m1/s1. The third-order valence-corrected chi connectivity index (χ3v) is 5.80. The summed E-state index contributed by atoms with van der Waals surface area (Å²) in [7, 11) is 0. The Balaban J connectivity index is 2.09. The van der Waals surface area contributed by atoms with E-state index in [2.05, 4.69) is 30.1 Å². The summed E-state index contributed by atoms with van der Waals surface area (Å²) in [5.41, 5.74) is 1.24. The maximum Gasteiger partial charge on any atom is 0.261 e. The summed E-state index contributed by atoms with van der Waals surface area (Å²) in [5.74, 6) is 0.132. The average Bonchev–Trinajstić information content (AvgIpc) is 3.20. The molecule has 0 unspecified atom stereocenters. The number of hydrogen-bond donors (Lipinski definition) is 1. The molecule has 2 atom stereocenters.